The molecular formula is C14H18ClN3O2. The summed E-state index contributed by atoms with van der Waals surface area (Å²) in [5.74, 6) is 0.385. The van der Waals surface area contributed by atoms with Crippen LogP contribution < -0.4 is 15.4 Å². The molecule has 0 saturated carbocycles. The van der Waals surface area contributed by atoms with Crippen LogP contribution in [0.2, 0.25) is 5.02 Å². The van der Waals surface area contributed by atoms with Crippen LogP contribution in [0.1, 0.15) is 18.9 Å². The van der Waals surface area contributed by atoms with Crippen molar-refractivity contribution in [2.75, 3.05) is 19.7 Å². The van der Waals surface area contributed by atoms with Crippen molar-refractivity contribution < 1.29 is 9.53 Å². The third-order valence-electron chi connectivity index (χ3n) is 2.51. The van der Waals surface area contributed by atoms with Crippen LogP contribution in [-0.4, -0.2) is 25.6 Å². The summed E-state index contributed by atoms with van der Waals surface area (Å²) in [6.45, 7) is 3.73. The van der Waals surface area contributed by atoms with Crippen LogP contribution in [0.3, 0.4) is 0 Å². The summed E-state index contributed by atoms with van der Waals surface area (Å²) in [5, 5.41) is 14.8. The molecule has 0 aliphatic heterocycles. The summed E-state index contributed by atoms with van der Waals surface area (Å²) >= 11 is 5.95. The van der Waals surface area contributed by atoms with Gasteiger partial charge in [-0.2, -0.15) is 5.26 Å². The lowest BCUT2D eigenvalue weighted by Crippen LogP contribution is -2.29. The Bertz CT molecular complexity index is 486. The highest BCUT2D eigenvalue weighted by Crippen LogP contribution is 2.22. The number of nitriles is 1. The molecule has 2 N–H and O–H groups in total. The predicted molar refractivity (Wildman–Crippen MR) is 77.6 cm³/mol. The first kappa shape index (κ1) is 16.3. The fourth-order valence-electron chi connectivity index (χ4n) is 1.54. The van der Waals surface area contributed by atoms with Crippen molar-refractivity contribution in [3.63, 3.8) is 0 Å². The van der Waals surface area contributed by atoms with Crippen LogP contribution >= 0.6 is 11.6 Å². The van der Waals surface area contributed by atoms with Gasteiger partial charge in [0, 0.05) is 23.7 Å². The van der Waals surface area contributed by atoms with Crippen LogP contribution in [-0.2, 0) is 11.3 Å². The average molecular weight is 296 g/mol. The molecule has 20 heavy (non-hydrogen) atoms. The quantitative estimate of drug-likeness (QED) is 0.718. The van der Waals surface area contributed by atoms with Crippen molar-refractivity contribution >= 4 is 17.5 Å². The van der Waals surface area contributed by atoms with Crippen LogP contribution in [0, 0.1) is 11.3 Å². The molecule has 0 unspecified atom stereocenters. The highest BCUT2D eigenvalue weighted by molar-refractivity contribution is 6.30. The maximum Gasteiger partial charge on any atom is 0.257 e. The Balaban J connectivity index is 2.54. The second-order valence-corrected chi connectivity index (χ2v) is 4.52. The molecule has 0 bridgehead atoms. The molecule has 6 heteroatoms. The lowest BCUT2D eigenvalue weighted by atomic mass is 10.2. The fourth-order valence-corrected chi connectivity index (χ4v) is 1.73. The highest BCUT2D eigenvalue weighted by atomic mass is 35.5. The summed E-state index contributed by atoms with van der Waals surface area (Å²) in [6, 6.07) is 7.24. The molecular weight excluding hydrogens is 278 g/mol. The number of carbonyl (C=O) groups is 1. The molecule has 0 radical (unpaired) electrons. The van der Waals surface area contributed by atoms with E-state index in [2.05, 4.69) is 10.6 Å². The van der Waals surface area contributed by atoms with Gasteiger partial charge in [0.2, 0.25) is 0 Å². The molecule has 0 saturated heterocycles. The first-order valence-corrected chi connectivity index (χ1v) is 6.80. The van der Waals surface area contributed by atoms with E-state index in [4.69, 9.17) is 21.6 Å². The minimum atomic E-state index is -0.246. The van der Waals surface area contributed by atoms with Crippen molar-refractivity contribution in [3.8, 4) is 11.8 Å². The third kappa shape index (κ3) is 5.91. The maximum atomic E-state index is 11.5. The van der Waals surface area contributed by atoms with Crippen molar-refractivity contribution in [1.82, 2.24) is 10.6 Å². The summed E-state index contributed by atoms with van der Waals surface area (Å²) in [5.41, 5.74) is 0.907. The molecule has 1 amide bonds. The number of carbonyl (C=O) groups excluding carboxylic acids is 1. The predicted octanol–water partition coefficient (Wildman–Crippen LogP) is 1.86. The van der Waals surface area contributed by atoms with Crippen LogP contribution in [0.25, 0.3) is 0 Å². The zero-order valence-corrected chi connectivity index (χ0v) is 12.2. The Hall–Kier alpha value is -1.77. The topological polar surface area (TPSA) is 74.2 Å². The van der Waals surface area contributed by atoms with Crippen molar-refractivity contribution in [1.29, 1.82) is 5.26 Å². The Labute approximate surface area is 123 Å². The first-order chi connectivity index (χ1) is 9.67. The standard InChI is InChI=1S/C14H18ClN3O2/c1-2-17-9-11-8-12(15)4-5-13(11)20-10-14(19)18-7-3-6-16/h4-5,8,17H,2-3,7,9-10H2,1H3,(H,18,19). The van der Waals surface area contributed by atoms with E-state index in [0.717, 1.165) is 12.1 Å². The second-order valence-electron chi connectivity index (χ2n) is 4.08. The number of amides is 1. The van der Waals surface area contributed by atoms with E-state index in [0.29, 0.717) is 30.3 Å². The van der Waals surface area contributed by atoms with Gasteiger partial charge in [-0.1, -0.05) is 18.5 Å². The normalized spacial score (nSPS) is 9.85. The molecule has 0 atom stereocenters. The van der Waals surface area contributed by atoms with Gasteiger partial charge in [0.05, 0.1) is 12.5 Å². The number of nitrogens with one attached hydrogen (secondary N) is 2. The van der Waals surface area contributed by atoms with Crippen molar-refractivity contribution in [2.45, 2.75) is 19.9 Å². The van der Waals surface area contributed by atoms with Gasteiger partial charge in [0.25, 0.3) is 5.91 Å². The highest BCUT2D eigenvalue weighted by Gasteiger charge is 2.07. The smallest absolute Gasteiger partial charge is 0.257 e. The van der Waals surface area contributed by atoms with E-state index in [1.54, 1.807) is 12.1 Å². The van der Waals surface area contributed by atoms with E-state index in [1.165, 1.54) is 0 Å². The van der Waals surface area contributed by atoms with Gasteiger partial charge in [-0.05, 0) is 24.7 Å². The molecule has 1 aromatic carbocycles. The van der Waals surface area contributed by atoms with Crippen molar-refractivity contribution in [3.05, 3.63) is 28.8 Å². The Kier molecular flexibility index (Phi) is 7.48. The molecule has 1 rings (SSSR count). The largest absolute Gasteiger partial charge is 0.483 e. The third-order valence-corrected chi connectivity index (χ3v) is 2.74. The Morgan fingerprint density at radius 1 is 1.50 bits per heavy atom. The number of rotatable bonds is 8. The van der Waals surface area contributed by atoms with E-state index in [1.807, 2.05) is 19.1 Å². The summed E-state index contributed by atoms with van der Waals surface area (Å²) in [6.07, 6.45) is 0.290. The average Bonchev–Trinajstić information content (AvgIpc) is 2.44. The molecule has 1 aromatic rings. The van der Waals surface area contributed by atoms with Gasteiger partial charge in [-0.25, -0.2) is 0 Å². The molecule has 108 valence electrons. The molecule has 0 aliphatic rings. The van der Waals surface area contributed by atoms with Gasteiger partial charge in [0.1, 0.15) is 5.75 Å². The van der Waals surface area contributed by atoms with Crippen LogP contribution in [0.4, 0.5) is 0 Å². The molecule has 0 aliphatic carbocycles. The number of hydrogen-bond donors (Lipinski definition) is 2. The zero-order chi connectivity index (χ0) is 14.8. The molecule has 0 aromatic heterocycles. The van der Waals surface area contributed by atoms with Gasteiger partial charge >= 0.3 is 0 Å². The summed E-state index contributed by atoms with van der Waals surface area (Å²) < 4.78 is 5.49. The van der Waals surface area contributed by atoms with Gasteiger partial charge in [-0.15, -0.1) is 0 Å². The molecule has 0 fully saturated rings. The van der Waals surface area contributed by atoms with Gasteiger partial charge in [0.15, 0.2) is 6.61 Å². The summed E-state index contributed by atoms with van der Waals surface area (Å²) in [4.78, 5) is 11.5. The summed E-state index contributed by atoms with van der Waals surface area (Å²) in [7, 11) is 0. The monoisotopic (exact) mass is 295 g/mol. The minimum Gasteiger partial charge on any atom is -0.483 e. The first-order valence-electron chi connectivity index (χ1n) is 6.43. The van der Waals surface area contributed by atoms with E-state index >= 15 is 0 Å². The number of nitrogens with zero attached hydrogens (tertiary/aromatic N) is 1. The lowest BCUT2D eigenvalue weighted by Gasteiger charge is -2.12. The number of ether oxygens (including phenoxy) is 1. The van der Waals surface area contributed by atoms with E-state index < -0.39 is 0 Å². The molecule has 0 spiro atoms. The number of benzene rings is 1. The van der Waals surface area contributed by atoms with Crippen LogP contribution in [0.15, 0.2) is 18.2 Å². The van der Waals surface area contributed by atoms with Gasteiger partial charge < -0.3 is 15.4 Å². The van der Waals surface area contributed by atoms with Gasteiger partial charge in [-0.3, -0.25) is 4.79 Å². The molecule has 0 heterocycles. The lowest BCUT2D eigenvalue weighted by molar-refractivity contribution is -0.123. The van der Waals surface area contributed by atoms with Crippen molar-refractivity contribution in [2.24, 2.45) is 0 Å². The minimum absolute atomic E-state index is 0.0772. The van der Waals surface area contributed by atoms with E-state index in [-0.39, 0.29) is 12.5 Å². The number of hydrogen-bond acceptors (Lipinski definition) is 4. The Morgan fingerprint density at radius 2 is 2.30 bits per heavy atom. The number of halogens is 1. The zero-order valence-electron chi connectivity index (χ0n) is 11.4. The fraction of sp³-hybridized carbons (Fsp3) is 0.429. The van der Waals surface area contributed by atoms with Crippen LogP contribution in [0.5, 0.6) is 5.75 Å². The van der Waals surface area contributed by atoms with E-state index in [9.17, 15) is 4.79 Å². The Morgan fingerprint density at radius 3 is 3.00 bits per heavy atom. The SMILES string of the molecule is CCNCc1cc(Cl)ccc1OCC(=O)NCCC#N. The molecule has 5 nitrogen and oxygen atoms in total. The second kappa shape index (κ2) is 9.18. The maximum absolute atomic E-state index is 11.5.